The largest absolute Gasteiger partial charge is 0.340 e. The minimum absolute atomic E-state index is 0.0395. The normalized spacial score (nSPS) is 15.7. The first-order chi connectivity index (χ1) is 13.6. The summed E-state index contributed by atoms with van der Waals surface area (Å²) in [6.07, 6.45) is 1.51. The van der Waals surface area contributed by atoms with E-state index in [0.717, 1.165) is 22.6 Å². The maximum Gasteiger partial charge on any atom is 0.227 e. The topological polar surface area (TPSA) is 75.5 Å². The van der Waals surface area contributed by atoms with Gasteiger partial charge >= 0.3 is 0 Å². The Morgan fingerprint density at radius 1 is 1.10 bits per heavy atom. The number of piperazine rings is 1. The molecule has 0 spiro atoms. The van der Waals surface area contributed by atoms with Gasteiger partial charge in [0.1, 0.15) is 15.7 Å². The third kappa shape index (κ3) is 5.42. The Morgan fingerprint density at radius 3 is 2.31 bits per heavy atom. The lowest BCUT2D eigenvalue weighted by atomic mass is 10.1. The van der Waals surface area contributed by atoms with Gasteiger partial charge < -0.3 is 4.90 Å². The molecule has 1 aromatic heterocycles. The van der Waals surface area contributed by atoms with E-state index >= 15 is 0 Å². The summed E-state index contributed by atoms with van der Waals surface area (Å²) in [6, 6.07) is 6.10. The molecular formula is C20H27FN4O3S. The predicted octanol–water partition coefficient (Wildman–Crippen LogP) is 1.36. The highest BCUT2D eigenvalue weighted by Crippen LogP contribution is 2.20. The molecule has 0 N–H and O–H groups in total. The van der Waals surface area contributed by atoms with Crippen molar-refractivity contribution in [2.75, 3.05) is 44.7 Å². The average Bonchev–Trinajstić information content (AvgIpc) is 2.95. The second-order valence-electron chi connectivity index (χ2n) is 7.57. The van der Waals surface area contributed by atoms with E-state index in [9.17, 15) is 17.6 Å². The molecule has 1 fully saturated rings. The first kappa shape index (κ1) is 21.4. The van der Waals surface area contributed by atoms with Crippen molar-refractivity contribution in [2.45, 2.75) is 20.3 Å². The van der Waals surface area contributed by atoms with Gasteiger partial charge in [-0.1, -0.05) is 0 Å². The van der Waals surface area contributed by atoms with Crippen molar-refractivity contribution in [3.8, 4) is 5.69 Å². The minimum atomic E-state index is -2.98. The zero-order valence-electron chi connectivity index (χ0n) is 17.1. The Kier molecular flexibility index (Phi) is 6.38. The summed E-state index contributed by atoms with van der Waals surface area (Å²) in [5.41, 5.74) is 3.30. The van der Waals surface area contributed by atoms with Crippen LogP contribution in [0.25, 0.3) is 5.69 Å². The van der Waals surface area contributed by atoms with Crippen LogP contribution in [0.15, 0.2) is 24.3 Å². The molecule has 158 valence electrons. The van der Waals surface area contributed by atoms with Gasteiger partial charge in [-0.2, -0.15) is 5.10 Å². The van der Waals surface area contributed by atoms with E-state index in [1.165, 1.54) is 18.4 Å². The van der Waals surface area contributed by atoms with Crippen LogP contribution in [0.5, 0.6) is 0 Å². The number of halogens is 1. The molecule has 29 heavy (non-hydrogen) atoms. The number of carbonyl (C=O) groups is 1. The number of hydrogen-bond acceptors (Lipinski definition) is 5. The summed E-state index contributed by atoms with van der Waals surface area (Å²) in [6.45, 7) is 6.82. The van der Waals surface area contributed by atoms with Gasteiger partial charge in [-0.25, -0.2) is 17.5 Å². The summed E-state index contributed by atoms with van der Waals surface area (Å²) >= 11 is 0. The number of hydrogen-bond donors (Lipinski definition) is 0. The van der Waals surface area contributed by atoms with E-state index in [4.69, 9.17) is 0 Å². The number of rotatable bonds is 6. The highest BCUT2D eigenvalue weighted by atomic mass is 32.2. The van der Waals surface area contributed by atoms with Crippen LogP contribution in [0.3, 0.4) is 0 Å². The Hall–Kier alpha value is -2.26. The molecule has 0 atom stereocenters. The van der Waals surface area contributed by atoms with Crippen molar-refractivity contribution in [2.24, 2.45) is 0 Å². The second-order valence-corrected chi connectivity index (χ2v) is 9.83. The van der Waals surface area contributed by atoms with Crippen molar-refractivity contribution >= 4 is 15.7 Å². The van der Waals surface area contributed by atoms with Gasteiger partial charge in [0.05, 0.1) is 23.6 Å². The van der Waals surface area contributed by atoms with Crippen molar-refractivity contribution in [3.63, 3.8) is 0 Å². The Labute approximate surface area is 171 Å². The molecule has 0 unspecified atom stereocenters. The van der Waals surface area contributed by atoms with Gasteiger partial charge in [0.15, 0.2) is 0 Å². The summed E-state index contributed by atoms with van der Waals surface area (Å²) in [5.74, 6) is -0.124. The molecular weight excluding hydrogens is 395 g/mol. The molecule has 9 heteroatoms. The minimum Gasteiger partial charge on any atom is -0.340 e. The highest BCUT2D eigenvalue weighted by Gasteiger charge is 2.24. The smallest absolute Gasteiger partial charge is 0.227 e. The molecule has 1 saturated heterocycles. The molecule has 7 nitrogen and oxygen atoms in total. The fourth-order valence-electron chi connectivity index (χ4n) is 3.54. The van der Waals surface area contributed by atoms with Crippen LogP contribution in [0, 0.1) is 19.7 Å². The number of aryl methyl sites for hydroxylation is 1. The SMILES string of the molecule is Cc1nn(-c2ccc(F)cc2)c(C)c1CC(=O)N1CCN(CCS(C)(=O)=O)CC1. The molecule has 1 aromatic carbocycles. The number of nitrogens with zero attached hydrogens (tertiary/aromatic N) is 4. The summed E-state index contributed by atoms with van der Waals surface area (Å²) in [5, 5.41) is 4.53. The van der Waals surface area contributed by atoms with E-state index in [1.807, 2.05) is 18.7 Å². The van der Waals surface area contributed by atoms with Crippen molar-refractivity contribution < 1.29 is 17.6 Å². The van der Waals surface area contributed by atoms with Gasteiger partial charge in [-0.15, -0.1) is 0 Å². The fraction of sp³-hybridized carbons (Fsp3) is 0.500. The van der Waals surface area contributed by atoms with Gasteiger partial charge in [-0.05, 0) is 38.1 Å². The molecule has 0 bridgehead atoms. The standard InChI is InChI=1S/C20H27FN4O3S/c1-15-19(16(2)25(22-15)18-6-4-17(21)5-7-18)14-20(26)24-10-8-23(9-11-24)12-13-29(3,27)28/h4-7H,8-14H2,1-3H3. The van der Waals surface area contributed by atoms with Crippen LogP contribution >= 0.6 is 0 Å². The van der Waals surface area contributed by atoms with Crippen LogP contribution < -0.4 is 0 Å². The molecule has 0 saturated carbocycles. The molecule has 2 aromatic rings. The number of benzene rings is 1. The van der Waals surface area contributed by atoms with Crippen molar-refractivity contribution in [3.05, 3.63) is 47.0 Å². The zero-order chi connectivity index (χ0) is 21.2. The van der Waals surface area contributed by atoms with E-state index < -0.39 is 9.84 Å². The third-order valence-electron chi connectivity index (χ3n) is 5.34. The van der Waals surface area contributed by atoms with Gasteiger partial charge in [0.25, 0.3) is 0 Å². The quantitative estimate of drug-likeness (QED) is 0.703. The Bertz CT molecular complexity index is 978. The molecule has 1 amide bonds. The number of sulfone groups is 1. The van der Waals surface area contributed by atoms with Crippen LogP contribution in [-0.4, -0.2) is 78.6 Å². The Balaban J connectivity index is 1.62. The number of amides is 1. The Morgan fingerprint density at radius 2 is 1.72 bits per heavy atom. The average molecular weight is 423 g/mol. The van der Waals surface area contributed by atoms with E-state index in [1.54, 1.807) is 16.8 Å². The van der Waals surface area contributed by atoms with Gasteiger partial charge in [-0.3, -0.25) is 9.69 Å². The van der Waals surface area contributed by atoms with Gasteiger partial charge in [0, 0.05) is 50.2 Å². The van der Waals surface area contributed by atoms with Crippen molar-refractivity contribution in [1.29, 1.82) is 0 Å². The first-order valence-corrected chi connectivity index (χ1v) is 11.7. The van der Waals surface area contributed by atoms with Crippen LogP contribution in [-0.2, 0) is 21.1 Å². The van der Waals surface area contributed by atoms with E-state index in [-0.39, 0.29) is 23.9 Å². The maximum absolute atomic E-state index is 13.2. The van der Waals surface area contributed by atoms with Crippen molar-refractivity contribution in [1.82, 2.24) is 19.6 Å². The molecule has 3 rings (SSSR count). The van der Waals surface area contributed by atoms with E-state index in [2.05, 4.69) is 10.00 Å². The fourth-order valence-corrected chi connectivity index (χ4v) is 4.13. The zero-order valence-corrected chi connectivity index (χ0v) is 17.9. The molecule has 1 aliphatic heterocycles. The van der Waals surface area contributed by atoms with Crippen LogP contribution in [0.1, 0.15) is 17.0 Å². The molecule has 0 radical (unpaired) electrons. The van der Waals surface area contributed by atoms with Gasteiger partial charge in [0.2, 0.25) is 5.91 Å². The number of aromatic nitrogens is 2. The number of carbonyl (C=O) groups excluding carboxylic acids is 1. The maximum atomic E-state index is 13.2. The first-order valence-electron chi connectivity index (χ1n) is 9.63. The monoisotopic (exact) mass is 422 g/mol. The highest BCUT2D eigenvalue weighted by molar-refractivity contribution is 7.90. The lowest BCUT2D eigenvalue weighted by Crippen LogP contribution is -2.50. The lowest BCUT2D eigenvalue weighted by Gasteiger charge is -2.34. The predicted molar refractivity (Wildman–Crippen MR) is 109 cm³/mol. The summed E-state index contributed by atoms with van der Waals surface area (Å²) in [4.78, 5) is 16.7. The second kappa shape index (κ2) is 8.62. The lowest BCUT2D eigenvalue weighted by molar-refractivity contribution is -0.132. The van der Waals surface area contributed by atoms with E-state index in [0.29, 0.717) is 32.7 Å². The third-order valence-corrected chi connectivity index (χ3v) is 6.27. The van der Waals surface area contributed by atoms with Crippen LogP contribution in [0.2, 0.25) is 0 Å². The summed E-state index contributed by atoms with van der Waals surface area (Å²) in [7, 11) is -2.98. The summed E-state index contributed by atoms with van der Waals surface area (Å²) < 4.78 is 37.6. The molecule has 2 heterocycles. The van der Waals surface area contributed by atoms with Crippen LogP contribution in [0.4, 0.5) is 4.39 Å². The molecule has 0 aliphatic carbocycles. The molecule has 1 aliphatic rings.